The van der Waals surface area contributed by atoms with Crippen LogP contribution in [0.4, 0.5) is 10.2 Å². The number of halogens is 3. The maximum Gasteiger partial charge on any atom is 0.151 e. The summed E-state index contributed by atoms with van der Waals surface area (Å²) in [7, 11) is 0. The number of aromatic amines is 1. The van der Waals surface area contributed by atoms with E-state index in [-0.39, 0.29) is 5.02 Å². The van der Waals surface area contributed by atoms with Crippen LogP contribution in [0.2, 0.25) is 10.0 Å². The fourth-order valence-corrected chi connectivity index (χ4v) is 2.90. The Bertz CT molecular complexity index is 636. The second-order valence-corrected chi connectivity index (χ2v) is 5.79. The van der Waals surface area contributed by atoms with E-state index < -0.39 is 5.82 Å². The predicted octanol–water partition coefficient (Wildman–Crippen LogP) is 3.32. The number of rotatable bonds is 2. The molecule has 1 aliphatic rings. The van der Waals surface area contributed by atoms with Crippen LogP contribution in [-0.4, -0.2) is 36.4 Å². The third-order valence-corrected chi connectivity index (χ3v) is 4.13. The smallest absolute Gasteiger partial charge is 0.151 e. The molecule has 1 fully saturated rings. The van der Waals surface area contributed by atoms with Crippen LogP contribution in [0.5, 0.6) is 0 Å². The number of benzene rings is 1. The molecule has 1 aliphatic heterocycles. The van der Waals surface area contributed by atoms with Crippen molar-refractivity contribution in [3.63, 3.8) is 0 Å². The molecule has 4 nitrogen and oxygen atoms in total. The minimum Gasteiger partial charge on any atom is -0.354 e. The molecule has 0 spiro atoms. The van der Waals surface area contributed by atoms with Crippen LogP contribution in [0.3, 0.4) is 0 Å². The fraction of sp³-hybridized carbons (Fsp3) is 0.357. The second-order valence-electron chi connectivity index (χ2n) is 4.98. The number of hydrogen-bond donors (Lipinski definition) is 2. The fourth-order valence-electron chi connectivity index (χ4n) is 2.41. The molecule has 0 amide bonds. The highest BCUT2D eigenvalue weighted by molar-refractivity contribution is 6.36. The molecule has 112 valence electrons. The maximum atomic E-state index is 13.6. The molecule has 0 radical (unpaired) electrons. The van der Waals surface area contributed by atoms with Gasteiger partial charge in [0.15, 0.2) is 5.82 Å². The molecule has 0 saturated carbocycles. The van der Waals surface area contributed by atoms with Crippen LogP contribution >= 0.6 is 23.2 Å². The van der Waals surface area contributed by atoms with Gasteiger partial charge in [0.2, 0.25) is 0 Å². The largest absolute Gasteiger partial charge is 0.354 e. The topological polar surface area (TPSA) is 44.0 Å². The molecule has 2 aromatic rings. The van der Waals surface area contributed by atoms with Crippen molar-refractivity contribution in [1.29, 1.82) is 0 Å². The summed E-state index contributed by atoms with van der Waals surface area (Å²) in [5, 5.41) is 11.0. The van der Waals surface area contributed by atoms with Crippen molar-refractivity contribution in [1.82, 2.24) is 15.5 Å². The molecule has 0 unspecified atom stereocenters. The number of aromatic nitrogens is 2. The number of H-pyrrole nitrogens is 1. The van der Waals surface area contributed by atoms with E-state index >= 15 is 0 Å². The summed E-state index contributed by atoms with van der Waals surface area (Å²) in [6, 6.07) is 4.62. The quantitative estimate of drug-likeness (QED) is 0.831. The molecule has 0 atom stereocenters. The highest BCUT2D eigenvalue weighted by atomic mass is 35.5. The van der Waals surface area contributed by atoms with Crippen molar-refractivity contribution in [2.45, 2.75) is 6.42 Å². The van der Waals surface area contributed by atoms with E-state index in [1.165, 1.54) is 12.1 Å². The van der Waals surface area contributed by atoms with Crippen LogP contribution in [0.15, 0.2) is 18.2 Å². The zero-order valence-corrected chi connectivity index (χ0v) is 12.8. The van der Waals surface area contributed by atoms with Crippen molar-refractivity contribution in [2.75, 3.05) is 31.1 Å². The van der Waals surface area contributed by atoms with Gasteiger partial charge in [0.1, 0.15) is 5.82 Å². The van der Waals surface area contributed by atoms with Crippen LogP contribution < -0.4 is 10.2 Å². The van der Waals surface area contributed by atoms with Crippen molar-refractivity contribution in [3.8, 4) is 11.3 Å². The summed E-state index contributed by atoms with van der Waals surface area (Å²) >= 11 is 11.9. The molecule has 1 aromatic carbocycles. The number of hydrogen-bond acceptors (Lipinski definition) is 3. The van der Waals surface area contributed by atoms with Gasteiger partial charge in [0, 0.05) is 31.3 Å². The van der Waals surface area contributed by atoms with Gasteiger partial charge < -0.3 is 10.2 Å². The lowest BCUT2D eigenvalue weighted by Gasteiger charge is -2.18. The first-order valence-electron chi connectivity index (χ1n) is 6.81. The summed E-state index contributed by atoms with van der Waals surface area (Å²) in [6.07, 6.45) is 1.07. The highest BCUT2D eigenvalue weighted by Crippen LogP contribution is 2.32. The van der Waals surface area contributed by atoms with E-state index in [2.05, 4.69) is 20.4 Å². The Balaban J connectivity index is 1.89. The number of nitrogens with zero attached hydrogens (tertiary/aromatic N) is 2. The molecule has 0 aliphatic carbocycles. The summed E-state index contributed by atoms with van der Waals surface area (Å²) in [4.78, 5) is 2.19. The van der Waals surface area contributed by atoms with E-state index in [4.69, 9.17) is 23.2 Å². The van der Waals surface area contributed by atoms with Crippen molar-refractivity contribution >= 4 is 29.0 Å². The normalized spacial score (nSPS) is 16.0. The van der Waals surface area contributed by atoms with E-state index in [0.29, 0.717) is 16.3 Å². The standard InChI is InChI=1S/C14H15Cl2FN4/c15-10-7-11(16)12(17)6-9(10)13-8-14(20-19-13)21-4-1-2-18-3-5-21/h6-8,18H,1-5H2,(H,19,20). The summed E-state index contributed by atoms with van der Waals surface area (Å²) in [6.45, 7) is 3.79. The number of nitrogens with one attached hydrogen (secondary N) is 2. The Hall–Kier alpha value is -1.30. The number of anilines is 1. The Morgan fingerprint density at radius 3 is 2.81 bits per heavy atom. The van der Waals surface area contributed by atoms with Gasteiger partial charge in [-0.15, -0.1) is 0 Å². The Kier molecular flexibility index (Phi) is 4.33. The van der Waals surface area contributed by atoms with Gasteiger partial charge in [0.05, 0.1) is 15.7 Å². The summed E-state index contributed by atoms with van der Waals surface area (Å²) in [5.41, 5.74) is 1.24. The van der Waals surface area contributed by atoms with Crippen LogP contribution in [0.1, 0.15) is 6.42 Å². The van der Waals surface area contributed by atoms with Crippen LogP contribution in [0, 0.1) is 5.82 Å². The Labute approximate surface area is 132 Å². The molecular weight excluding hydrogens is 314 g/mol. The van der Waals surface area contributed by atoms with Crippen molar-refractivity contribution in [2.24, 2.45) is 0 Å². The highest BCUT2D eigenvalue weighted by Gasteiger charge is 2.15. The molecule has 2 heterocycles. The maximum absolute atomic E-state index is 13.6. The lowest BCUT2D eigenvalue weighted by molar-refractivity contribution is 0.628. The first-order chi connectivity index (χ1) is 10.1. The van der Waals surface area contributed by atoms with Gasteiger partial charge in [-0.3, -0.25) is 5.10 Å². The summed E-state index contributed by atoms with van der Waals surface area (Å²) < 4.78 is 13.6. The summed E-state index contributed by atoms with van der Waals surface area (Å²) in [5.74, 6) is 0.353. The van der Waals surface area contributed by atoms with Gasteiger partial charge >= 0.3 is 0 Å². The van der Waals surface area contributed by atoms with Crippen molar-refractivity contribution < 1.29 is 4.39 Å². The monoisotopic (exact) mass is 328 g/mol. The van der Waals surface area contributed by atoms with Crippen LogP contribution in [-0.2, 0) is 0 Å². The van der Waals surface area contributed by atoms with E-state index in [9.17, 15) is 4.39 Å². The Morgan fingerprint density at radius 1 is 1.10 bits per heavy atom. The minimum atomic E-state index is -0.494. The van der Waals surface area contributed by atoms with Gasteiger partial charge in [-0.2, -0.15) is 5.10 Å². The van der Waals surface area contributed by atoms with Crippen LogP contribution in [0.25, 0.3) is 11.3 Å². The van der Waals surface area contributed by atoms with Gasteiger partial charge in [-0.05, 0) is 25.1 Å². The molecule has 7 heteroatoms. The third kappa shape index (κ3) is 3.15. The predicted molar refractivity (Wildman–Crippen MR) is 83.7 cm³/mol. The molecule has 1 saturated heterocycles. The third-order valence-electron chi connectivity index (χ3n) is 3.53. The zero-order chi connectivity index (χ0) is 14.8. The first-order valence-corrected chi connectivity index (χ1v) is 7.57. The van der Waals surface area contributed by atoms with Gasteiger partial charge in [0.25, 0.3) is 0 Å². The SMILES string of the molecule is Fc1cc(-c2cc(N3CCCNCC3)n[nH]2)c(Cl)cc1Cl. The average Bonchev–Trinajstić information content (AvgIpc) is 2.78. The molecule has 21 heavy (non-hydrogen) atoms. The van der Waals surface area contributed by atoms with Gasteiger partial charge in [-0.1, -0.05) is 23.2 Å². The Morgan fingerprint density at radius 2 is 1.95 bits per heavy atom. The van der Waals surface area contributed by atoms with E-state index in [1.54, 1.807) is 0 Å². The second kappa shape index (κ2) is 6.22. The van der Waals surface area contributed by atoms with E-state index in [1.807, 2.05) is 6.07 Å². The minimum absolute atomic E-state index is 0.0158. The molecule has 3 rings (SSSR count). The van der Waals surface area contributed by atoms with Crippen molar-refractivity contribution in [3.05, 3.63) is 34.1 Å². The molecule has 2 N–H and O–H groups in total. The average molecular weight is 329 g/mol. The van der Waals surface area contributed by atoms with E-state index in [0.717, 1.165) is 38.4 Å². The first kappa shape index (κ1) is 14.6. The zero-order valence-electron chi connectivity index (χ0n) is 11.3. The molecule has 1 aromatic heterocycles. The van der Waals surface area contributed by atoms with Gasteiger partial charge in [-0.25, -0.2) is 4.39 Å². The lowest BCUT2D eigenvalue weighted by atomic mass is 10.1. The lowest BCUT2D eigenvalue weighted by Crippen LogP contribution is -2.28. The molecule has 0 bridgehead atoms. The molecular formula is C14H15Cl2FN4.